The van der Waals surface area contributed by atoms with Crippen LogP contribution in [0.5, 0.6) is 5.75 Å². The van der Waals surface area contributed by atoms with Crippen LogP contribution in [0, 0.1) is 11.8 Å². The number of hydrogen-bond acceptors (Lipinski definition) is 6. The molecule has 0 N–H and O–H groups in total. The van der Waals surface area contributed by atoms with Gasteiger partial charge in [-0.05, 0) is 86.0 Å². The number of ether oxygens (including phenoxy) is 2. The lowest BCUT2D eigenvalue weighted by molar-refractivity contribution is -0.163. The molecule has 0 aromatic heterocycles. The lowest BCUT2D eigenvalue weighted by Crippen LogP contribution is -2.70. The molecule has 4 aromatic carbocycles. The lowest BCUT2D eigenvalue weighted by Gasteiger charge is -2.54. The van der Waals surface area contributed by atoms with Gasteiger partial charge in [0.15, 0.2) is 8.32 Å². The highest BCUT2D eigenvalue weighted by Crippen LogP contribution is 2.50. The van der Waals surface area contributed by atoms with Crippen molar-refractivity contribution in [3.63, 3.8) is 0 Å². The van der Waals surface area contributed by atoms with Gasteiger partial charge in [0.25, 0.3) is 0 Å². The summed E-state index contributed by atoms with van der Waals surface area (Å²) in [4.78, 5) is 43.8. The SMILES string of the molecule is COc1ccc(C(=O)OC(=O)[C@H](C)[C@@H]2[C@@H]([C@@H](C)O[Si](C)(C)C(C)(C)C)C(=O)N2C(C)=P(c2ccccc2)(c2ccccc2)c2ccccc2)cc1. The Morgan fingerprint density at radius 2 is 1.22 bits per heavy atom. The minimum absolute atomic E-state index is 0.0881. The highest BCUT2D eigenvalue weighted by Gasteiger charge is 2.57. The van der Waals surface area contributed by atoms with Gasteiger partial charge in [-0.2, -0.15) is 0 Å². The van der Waals surface area contributed by atoms with Crippen LogP contribution < -0.4 is 20.7 Å². The van der Waals surface area contributed by atoms with E-state index in [2.05, 4.69) is 70.3 Å². The summed E-state index contributed by atoms with van der Waals surface area (Å²) >= 11 is 0. The monoisotopic (exact) mass is 723 g/mol. The molecular weight excluding hydrogens is 674 g/mol. The smallest absolute Gasteiger partial charge is 0.345 e. The summed E-state index contributed by atoms with van der Waals surface area (Å²) in [6.45, 7) is 13.9. The number of amides is 1. The maximum absolute atomic E-state index is 14.8. The van der Waals surface area contributed by atoms with Gasteiger partial charge in [0.05, 0.1) is 36.7 Å². The fourth-order valence-electron chi connectivity index (χ4n) is 6.87. The largest absolute Gasteiger partial charge is 0.497 e. The number of esters is 2. The van der Waals surface area contributed by atoms with Crippen molar-refractivity contribution in [2.24, 2.45) is 11.8 Å². The summed E-state index contributed by atoms with van der Waals surface area (Å²) in [7, 11) is -0.766. The molecule has 51 heavy (non-hydrogen) atoms. The Bertz CT molecular complexity index is 1800. The summed E-state index contributed by atoms with van der Waals surface area (Å²) in [6.07, 6.45) is -0.474. The Labute approximate surface area is 304 Å². The third-order valence-electron chi connectivity index (χ3n) is 10.6. The van der Waals surface area contributed by atoms with Gasteiger partial charge in [0.1, 0.15) is 5.75 Å². The van der Waals surface area contributed by atoms with Crippen molar-refractivity contribution in [3.8, 4) is 5.75 Å². The molecule has 1 aliphatic rings. The van der Waals surface area contributed by atoms with Crippen molar-refractivity contribution in [2.75, 3.05) is 7.11 Å². The molecule has 1 amide bonds. The molecule has 9 heteroatoms. The minimum Gasteiger partial charge on any atom is -0.497 e. The predicted octanol–water partition coefficient (Wildman–Crippen LogP) is 7.40. The van der Waals surface area contributed by atoms with Crippen LogP contribution in [0.1, 0.15) is 51.9 Å². The van der Waals surface area contributed by atoms with E-state index in [1.165, 1.54) is 0 Å². The summed E-state index contributed by atoms with van der Waals surface area (Å²) in [6, 6.07) is 36.7. The zero-order valence-electron chi connectivity index (χ0n) is 31.1. The number of likely N-dealkylation sites (tertiary alicyclic amines) is 1. The first-order chi connectivity index (χ1) is 24.1. The van der Waals surface area contributed by atoms with Crippen molar-refractivity contribution >= 4 is 54.4 Å². The molecule has 1 aliphatic heterocycles. The van der Waals surface area contributed by atoms with Gasteiger partial charge in [-0.1, -0.05) is 112 Å². The van der Waals surface area contributed by atoms with Gasteiger partial charge in [0.2, 0.25) is 5.91 Å². The molecule has 268 valence electrons. The molecule has 4 aromatic rings. The summed E-state index contributed by atoms with van der Waals surface area (Å²) < 4.78 is 17.6. The standard InChI is InChI=1S/C42H50NO6PSi/c1-29(40(45)48-41(46)32-25-27-33(47-7)28-26-32)38-37(30(2)49-51(8,9)42(4,5)6)39(44)43(38)31(3)50(34-19-13-10-14-20-34,35-21-15-11-16-22-35)36-23-17-12-18-24-36/h10-30,37-38H,1-9H3/t29-,30-,37-,38-/m1/s1. The fraction of sp³-hybridized carbons (Fsp3) is 0.333. The topological polar surface area (TPSA) is 82.1 Å². The Kier molecular flexibility index (Phi) is 11.3. The van der Waals surface area contributed by atoms with Crippen LogP contribution in [0.25, 0.3) is 0 Å². The molecule has 4 atom stereocenters. The average molecular weight is 724 g/mol. The highest BCUT2D eigenvalue weighted by molar-refractivity contribution is 7.95. The van der Waals surface area contributed by atoms with Gasteiger partial charge in [-0.15, -0.1) is 0 Å². The van der Waals surface area contributed by atoms with Crippen LogP contribution in [-0.2, 0) is 18.8 Å². The summed E-state index contributed by atoms with van der Waals surface area (Å²) in [5.41, 5.74) is 1.09. The van der Waals surface area contributed by atoms with Crippen LogP contribution in [-0.4, -0.2) is 55.7 Å². The van der Waals surface area contributed by atoms with Crippen molar-refractivity contribution in [2.45, 2.75) is 71.8 Å². The predicted molar refractivity (Wildman–Crippen MR) is 210 cm³/mol. The number of methoxy groups -OCH3 is 1. The van der Waals surface area contributed by atoms with Crippen LogP contribution in [0.15, 0.2) is 115 Å². The van der Waals surface area contributed by atoms with E-state index in [4.69, 9.17) is 13.9 Å². The normalized spacial score (nSPS) is 17.6. The first kappa shape index (κ1) is 38.0. The zero-order chi connectivity index (χ0) is 37.1. The molecule has 7 nitrogen and oxygen atoms in total. The fourth-order valence-corrected chi connectivity index (χ4v) is 12.7. The van der Waals surface area contributed by atoms with Crippen molar-refractivity contribution in [1.82, 2.24) is 4.90 Å². The molecule has 5 rings (SSSR count). The second-order valence-corrected chi connectivity index (χ2v) is 23.1. The molecule has 1 heterocycles. The number of hydrogen-bond donors (Lipinski definition) is 0. The van der Waals surface area contributed by atoms with E-state index in [1.807, 2.05) is 73.3 Å². The van der Waals surface area contributed by atoms with E-state index in [-0.39, 0.29) is 16.5 Å². The van der Waals surface area contributed by atoms with E-state index in [1.54, 1.807) is 38.3 Å². The Morgan fingerprint density at radius 3 is 1.63 bits per heavy atom. The Morgan fingerprint density at radius 1 is 0.765 bits per heavy atom. The third kappa shape index (κ3) is 7.28. The van der Waals surface area contributed by atoms with E-state index in [0.29, 0.717) is 5.75 Å². The second kappa shape index (κ2) is 15.2. The van der Waals surface area contributed by atoms with Gasteiger partial charge >= 0.3 is 11.9 Å². The van der Waals surface area contributed by atoms with Crippen molar-refractivity contribution in [3.05, 3.63) is 121 Å². The summed E-state index contributed by atoms with van der Waals surface area (Å²) in [5, 5.41) is 3.18. The molecule has 0 spiro atoms. The molecule has 1 saturated heterocycles. The van der Waals surface area contributed by atoms with Crippen LogP contribution in [0.3, 0.4) is 0 Å². The number of benzene rings is 4. The molecule has 0 unspecified atom stereocenters. The van der Waals surface area contributed by atoms with E-state index in [9.17, 15) is 14.4 Å². The van der Waals surface area contributed by atoms with Crippen molar-refractivity contribution in [1.29, 1.82) is 0 Å². The van der Waals surface area contributed by atoms with E-state index < -0.39 is 51.1 Å². The van der Waals surface area contributed by atoms with Gasteiger partial charge in [-0.25, -0.2) is 4.79 Å². The van der Waals surface area contributed by atoms with Crippen molar-refractivity contribution < 1.29 is 28.3 Å². The average Bonchev–Trinajstić information content (AvgIpc) is 3.11. The van der Waals surface area contributed by atoms with Gasteiger partial charge < -0.3 is 18.8 Å². The molecule has 0 bridgehead atoms. The van der Waals surface area contributed by atoms with Gasteiger partial charge in [0, 0.05) is 5.42 Å². The second-order valence-electron chi connectivity index (χ2n) is 14.8. The van der Waals surface area contributed by atoms with E-state index >= 15 is 0 Å². The Balaban J connectivity index is 1.67. The minimum atomic E-state index is -2.66. The first-order valence-electron chi connectivity index (χ1n) is 17.5. The van der Waals surface area contributed by atoms with Crippen LogP contribution >= 0.6 is 6.89 Å². The van der Waals surface area contributed by atoms with E-state index in [0.717, 1.165) is 21.3 Å². The number of rotatable bonds is 11. The van der Waals surface area contributed by atoms with Crippen LogP contribution in [0.4, 0.5) is 0 Å². The highest BCUT2D eigenvalue weighted by atomic mass is 31.2. The molecule has 1 fully saturated rings. The van der Waals surface area contributed by atoms with Gasteiger partial charge in [-0.3, -0.25) is 9.59 Å². The molecule has 0 radical (unpaired) electrons. The summed E-state index contributed by atoms with van der Waals surface area (Å²) in [5.74, 6) is -2.44. The first-order valence-corrected chi connectivity index (χ1v) is 22.2. The molecular formula is C42H50NO6PSi. The number of nitrogens with zero attached hydrogens (tertiary/aromatic N) is 1. The maximum Gasteiger partial charge on any atom is 0.345 e. The number of carbonyl (C=O) groups is 3. The Hall–Kier alpha value is -4.23. The van der Waals surface area contributed by atoms with Crippen LogP contribution in [0.2, 0.25) is 18.1 Å². The molecule has 0 saturated carbocycles. The molecule has 0 aliphatic carbocycles. The zero-order valence-corrected chi connectivity index (χ0v) is 33.0. The number of β-lactam (4-membered cyclic amide) rings is 1. The third-order valence-corrected chi connectivity index (χ3v) is 19.6. The lowest BCUT2D eigenvalue weighted by atomic mass is 9.76. The quantitative estimate of drug-likeness (QED) is 0.0528. The number of carbonyl (C=O) groups excluding carboxylic acids is 3. The maximum atomic E-state index is 14.8.